The number of nitrogens with zero attached hydrogens (tertiary/aromatic N) is 1. The lowest BCUT2D eigenvalue weighted by Gasteiger charge is -2.13. The fourth-order valence-corrected chi connectivity index (χ4v) is 3.35. The highest BCUT2D eigenvalue weighted by Gasteiger charge is 2.13. The summed E-state index contributed by atoms with van der Waals surface area (Å²) in [4.78, 5) is 5.75. The Kier molecular flexibility index (Phi) is 4.02. The van der Waals surface area contributed by atoms with Crippen LogP contribution >= 0.6 is 0 Å². The Morgan fingerprint density at radius 1 is 0.760 bits per heavy atom. The minimum absolute atomic E-state index is 0.919. The van der Waals surface area contributed by atoms with Gasteiger partial charge in [0.15, 0.2) is 0 Å². The van der Waals surface area contributed by atoms with Gasteiger partial charge in [-0.2, -0.15) is 0 Å². The van der Waals surface area contributed by atoms with Crippen LogP contribution in [0, 0.1) is 0 Å². The molecule has 0 atom stereocenters. The number of nitrogens with one attached hydrogen (secondary N) is 1. The summed E-state index contributed by atoms with van der Waals surface area (Å²) in [6, 6.07) is 28.0. The summed E-state index contributed by atoms with van der Waals surface area (Å²) in [7, 11) is 4.14. The third kappa shape index (κ3) is 3.03. The molecule has 1 aromatic heterocycles. The first kappa shape index (κ1) is 15.5. The molecule has 0 aliphatic heterocycles. The van der Waals surface area contributed by atoms with Crippen LogP contribution in [0.25, 0.3) is 22.2 Å². The molecular weight excluding hydrogens is 304 g/mol. The fourth-order valence-electron chi connectivity index (χ4n) is 3.35. The van der Waals surface area contributed by atoms with Crippen molar-refractivity contribution in [3.8, 4) is 11.3 Å². The first-order valence-corrected chi connectivity index (χ1v) is 8.63. The van der Waals surface area contributed by atoms with Gasteiger partial charge in [0.05, 0.1) is 5.69 Å². The summed E-state index contributed by atoms with van der Waals surface area (Å²) in [6.45, 7) is 0. The van der Waals surface area contributed by atoms with E-state index in [9.17, 15) is 0 Å². The van der Waals surface area contributed by atoms with Gasteiger partial charge in [-0.3, -0.25) is 0 Å². The first-order chi connectivity index (χ1) is 12.2. The number of para-hydroxylation sites is 1. The molecular formula is C23H22N2. The predicted octanol–water partition coefficient (Wildman–Crippen LogP) is 5.49. The Balaban J connectivity index is 1.80. The summed E-state index contributed by atoms with van der Waals surface area (Å²) in [5, 5.41) is 1.30. The van der Waals surface area contributed by atoms with E-state index in [2.05, 4.69) is 103 Å². The third-order valence-electron chi connectivity index (χ3n) is 4.71. The van der Waals surface area contributed by atoms with Crippen LogP contribution in [-0.2, 0) is 6.42 Å². The second-order valence-electron chi connectivity index (χ2n) is 6.63. The molecule has 3 aromatic carbocycles. The lowest BCUT2D eigenvalue weighted by molar-refractivity contribution is 1.12. The van der Waals surface area contributed by atoms with Crippen LogP contribution in [-0.4, -0.2) is 19.1 Å². The molecule has 1 heterocycles. The molecule has 0 aliphatic carbocycles. The molecule has 0 fully saturated rings. The van der Waals surface area contributed by atoms with E-state index < -0.39 is 0 Å². The van der Waals surface area contributed by atoms with E-state index in [0.29, 0.717) is 0 Å². The second-order valence-corrected chi connectivity index (χ2v) is 6.63. The average molecular weight is 326 g/mol. The summed E-state index contributed by atoms with van der Waals surface area (Å²) in [5.41, 5.74) is 7.57. The highest BCUT2D eigenvalue weighted by atomic mass is 15.1. The van der Waals surface area contributed by atoms with E-state index in [1.807, 2.05) is 0 Å². The van der Waals surface area contributed by atoms with E-state index in [1.165, 1.54) is 39.0 Å². The van der Waals surface area contributed by atoms with Gasteiger partial charge >= 0.3 is 0 Å². The maximum Gasteiger partial charge on any atom is 0.0500 e. The van der Waals surface area contributed by atoms with Crippen LogP contribution in [0.15, 0.2) is 78.9 Å². The zero-order valence-corrected chi connectivity index (χ0v) is 14.7. The largest absolute Gasteiger partial charge is 0.378 e. The maximum atomic E-state index is 3.62. The predicted molar refractivity (Wildman–Crippen MR) is 107 cm³/mol. The highest BCUT2D eigenvalue weighted by molar-refractivity contribution is 5.91. The molecule has 0 unspecified atom stereocenters. The molecule has 4 rings (SSSR count). The minimum Gasteiger partial charge on any atom is -0.378 e. The van der Waals surface area contributed by atoms with Gasteiger partial charge in [0.25, 0.3) is 0 Å². The summed E-state index contributed by atoms with van der Waals surface area (Å²) < 4.78 is 0. The van der Waals surface area contributed by atoms with Crippen molar-refractivity contribution in [3.63, 3.8) is 0 Å². The molecule has 1 N–H and O–H groups in total. The van der Waals surface area contributed by atoms with Crippen molar-refractivity contribution < 1.29 is 0 Å². The lowest BCUT2D eigenvalue weighted by atomic mass is 9.98. The van der Waals surface area contributed by atoms with Crippen LogP contribution in [0.3, 0.4) is 0 Å². The molecule has 0 radical (unpaired) electrons. The van der Waals surface area contributed by atoms with Crippen molar-refractivity contribution in [3.05, 3.63) is 90.0 Å². The van der Waals surface area contributed by atoms with Crippen molar-refractivity contribution in [1.82, 2.24) is 4.98 Å². The summed E-state index contributed by atoms with van der Waals surface area (Å²) in [6.07, 6.45) is 0.919. The van der Waals surface area contributed by atoms with Gasteiger partial charge < -0.3 is 9.88 Å². The van der Waals surface area contributed by atoms with Crippen LogP contribution in [0.2, 0.25) is 0 Å². The highest BCUT2D eigenvalue weighted by Crippen LogP contribution is 2.32. The Morgan fingerprint density at radius 3 is 2.16 bits per heavy atom. The molecule has 0 amide bonds. The maximum absolute atomic E-state index is 3.62. The van der Waals surface area contributed by atoms with Gasteiger partial charge in [0, 0.05) is 37.1 Å². The van der Waals surface area contributed by atoms with Crippen LogP contribution in [0.1, 0.15) is 11.1 Å². The monoisotopic (exact) mass is 326 g/mol. The molecule has 25 heavy (non-hydrogen) atoms. The van der Waals surface area contributed by atoms with Gasteiger partial charge in [-0.25, -0.2) is 0 Å². The number of benzene rings is 3. The Morgan fingerprint density at radius 2 is 1.44 bits per heavy atom. The van der Waals surface area contributed by atoms with Gasteiger partial charge in [-0.1, -0.05) is 60.7 Å². The Bertz CT molecular complexity index is 980. The van der Waals surface area contributed by atoms with Crippen LogP contribution in [0.4, 0.5) is 5.69 Å². The van der Waals surface area contributed by atoms with Crippen molar-refractivity contribution in [1.29, 1.82) is 0 Å². The van der Waals surface area contributed by atoms with E-state index in [0.717, 1.165) is 6.42 Å². The van der Waals surface area contributed by atoms with E-state index >= 15 is 0 Å². The van der Waals surface area contributed by atoms with Crippen molar-refractivity contribution >= 4 is 16.6 Å². The lowest BCUT2D eigenvalue weighted by Crippen LogP contribution is -2.08. The molecule has 0 saturated heterocycles. The minimum atomic E-state index is 0.919. The molecule has 2 heteroatoms. The van der Waals surface area contributed by atoms with Gasteiger partial charge in [0.1, 0.15) is 0 Å². The van der Waals surface area contributed by atoms with Gasteiger partial charge in [0.2, 0.25) is 0 Å². The third-order valence-corrected chi connectivity index (χ3v) is 4.71. The number of rotatable bonds is 4. The van der Waals surface area contributed by atoms with Crippen molar-refractivity contribution in [2.75, 3.05) is 19.0 Å². The Hall–Kier alpha value is -3.00. The molecule has 0 aliphatic rings. The second kappa shape index (κ2) is 6.48. The fraction of sp³-hybridized carbons (Fsp3) is 0.130. The van der Waals surface area contributed by atoms with Gasteiger partial charge in [-0.05, 0) is 34.9 Å². The molecule has 0 saturated carbocycles. The summed E-state index contributed by atoms with van der Waals surface area (Å²) >= 11 is 0. The zero-order valence-electron chi connectivity index (χ0n) is 14.7. The van der Waals surface area contributed by atoms with E-state index in [4.69, 9.17) is 0 Å². The molecule has 0 bridgehead atoms. The van der Waals surface area contributed by atoms with E-state index in [-0.39, 0.29) is 0 Å². The topological polar surface area (TPSA) is 19.0 Å². The number of hydrogen-bond donors (Lipinski definition) is 1. The number of fused-ring (bicyclic) bond motifs is 1. The smallest absolute Gasteiger partial charge is 0.0500 e. The average Bonchev–Trinajstić information content (AvgIpc) is 3.02. The Labute approximate surface area is 148 Å². The number of H-pyrrole nitrogens is 1. The van der Waals surface area contributed by atoms with Crippen molar-refractivity contribution in [2.45, 2.75) is 6.42 Å². The number of hydrogen-bond acceptors (Lipinski definition) is 1. The quantitative estimate of drug-likeness (QED) is 0.525. The van der Waals surface area contributed by atoms with E-state index in [1.54, 1.807) is 0 Å². The zero-order chi connectivity index (χ0) is 17.2. The number of aromatic amines is 1. The number of anilines is 1. The summed E-state index contributed by atoms with van der Waals surface area (Å²) in [5.74, 6) is 0. The SMILES string of the molecule is CN(C)c1ccc(Cc2c(-c3ccccc3)[nH]c3ccccc23)cc1. The number of aromatic nitrogens is 1. The standard InChI is InChI=1S/C23H22N2/c1-25(2)19-14-12-17(13-15-19)16-21-20-10-6-7-11-22(20)24-23(21)18-8-4-3-5-9-18/h3-15,24H,16H2,1-2H3. The molecule has 2 nitrogen and oxygen atoms in total. The van der Waals surface area contributed by atoms with Crippen LogP contribution in [0.5, 0.6) is 0 Å². The molecule has 0 spiro atoms. The first-order valence-electron chi connectivity index (χ1n) is 8.63. The molecule has 4 aromatic rings. The van der Waals surface area contributed by atoms with Gasteiger partial charge in [-0.15, -0.1) is 0 Å². The van der Waals surface area contributed by atoms with Crippen molar-refractivity contribution in [2.24, 2.45) is 0 Å². The normalized spacial score (nSPS) is 11.0. The van der Waals surface area contributed by atoms with Crippen LogP contribution < -0.4 is 4.90 Å². The molecule has 124 valence electrons.